The van der Waals surface area contributed by atoms with Gasteiger partial charge >= 0.3 is 5.97 Å². The maximum atomic E-state index is 13.6. The minimum Gasteiger partial charge on any atom is -0.465 e. The molecule has 2 aromatic carbocycles. The fourth-order valence-corrected chi connectivity index (χ4v) is 5.46. The highest BCUT2D eigenvalue weighted by atomic mass is 32.2. The van der Waals surface area contributed by atoms with E-state index in [-0.39, 0.29) is 11.5 Å². The lowest BCUT2D eigenvalue weighted by atomic mass is 10.1. The number of hydrogen-bond acceptors (Lipinski definition) is 5. The Labute approximate surface area is 145 Å². The van der Waals surface area contributed by atoms with Gasteiger partial charge in [-0.25, -0.2) is 17.6 Å². The third-order valence-corrected chi connectivity index (χ3v) is 6.68. The molecule has 0 bridgehead atoms. The van der Waals surface area contributed by atoms with Crippen LogP contribution in [0.15, 0.2) is 59.5 Å². The van der Waals surface area contributed by atoms with E-state index in [1.165, 1.54) is 30.3 Å². The van der Waals surface area contributed by atoms with Gasteiger partial charge < -0.3 is 10.5 Å². The molecule has 0 unspecified atom stereocenters. The fourth-order valence-electron chi connectivity index (χ4n) is 3.22. The van der Waals surface area contributed by atoms with Gasteiger partial charge in [-0.1, -0.05) is 30.3 Å². The summed E-state index contributed by atoms with van der Waals surface area (Å²) < 4.78 is 44.6. The lowest BCUT2D eigenvalue weighted by Gasteiger charge is -2.11. The van der Waals surface area contributed by atoms with Crippen LogP contribution in [0.25, 0.3) is 0 Å². The average molecular weight is 363 g/mol. The van der Waals surface area contributed by atoms with Crippen molar-refractivity contribution in [1.82, 2.24) is 0 Å². The molecule has 0 amide bonds. The molecule has 0 heterocycles. The molecule has 0 saturated heterocycles. The summed E-state index contributed by atoms with van der Waals surface area (Å²) in [6.07, 6.45) is 0. The van der Waals surface area contributed by atoms with Crippen LogP contribution in [-0.2, 0) is 19.4 Å². The van der Waals surface area contributed by atoms with E-state index >= 15 is 0 Å². The smallest absolute Gasteiger partial charge is 0.328 e. The standard InChI is InChI=1S/C18H18FNO4S/c1-2-24-17(21)18(20)15(12-7-6-8-13(19)11-12)16(18)25(22,23)14-9-4-3-5-10-14/h3-11,15-16H,2,20H2,1H3/t15-,16+,18+/m1/s1. The summed E-state index contributed by atoms with van der Waals surface area (Å²) in [6, 6.07) is 13.2. The Balaban J connectivity index is 2.08. The summed E-state index contributed by atoms with van der Waals surface area (Å²) in [6.45, 7) is 1.69. The number of hydrogen-bond donors (Lipinski definition) is 1. The zero-order valence-corrected chi connectivity index (χ0v) is 14.4. The van der Waals surface area contributed by atoms with E-state index in [0.29, 0.717) is 5.56 Å². The van der Waals surface area contributed by atoms with Gasteiger partial charge in [-0.15, -0.1) is 0 Å². The van der Waals surface area contributed by atoms with Crippen LogP contribution >= 0.6 is 0 Å². The molecular formula is C18H18FNO4S. The van der Waals surface area contributed by atoms with Crippen LogP contribution in [-0.4, -0.2) is 31.8 Å². The van der Waals surface area contributed by atoms with Crippen molar-refractivity contribution in [2.24, 2.45) is 5.73 Å². The highest BCUT2D eigenvalue weighted by Crippen LogP contribution is 2.56. The fraction of sp³-hybridized carbons (Fsp3) is 0.278. The Morgan fingerprint density at radius 3 is 2.48 bits per heavy atom. The van der Waals surface area contributed by atoms with E-state index < -0.39 is 38.3 Å². The van der Waals surface area contributed by atoms with Crippen molar-refractivity contribution in [2.75, 3.05) is 6.61 Å². The molecule has 2 aromatic rings. The molecule has 132 valence electrons. The second-order valence-corrected chi connectivity index (χ2v) is 8.03. The predicted molar refractivity (Wildman–Crippen MR) is 90.1 cm³/mol. The van der Waals surface area contributed by atoms with Crippen LogP contribution in [0.4, 0.5) is 4.39 Å². The number of halogens is 1. The van der Waals surface area contributed by atoms with Crippen LogP contribution in [0.2, 0.25) is 0 Å². The first-order valence-corrected chi connectivity index (χ1v) is 9.38. The first-order valence-electron chi connectivity index (χ1n) is 7.84. The second kappa shape index (κ2) is 6.24. The van der Waals surface area contributed by atoms with Crippen LogP contribution < -0.4 is 5.73 Å². The maximum Gasteiger partial charge on any atom is 0.328 e. The number of rotatable bonds is 5. The number of sulfone groups is 1. The van der Waals surface area contributed by atoms with Crippen LogP contribution in [0.5, 0.6) is 0 Å². The summed E-state index contributed by atoms with van der Waals surface area (Å²) in [7, 11) is -3.90. The van der Waals surface area contributed by atoms with Gasteiger partial charge in [-0.2, -0.15) is 0 Å². The highest BCUT2D eigenvalue weighted by molar-refractivity contribution is 7.92. The SMILES string of the molecule is CCOC(=O)[C@]1(N)[C@H](c2cccc(F)c2)[C@@H]1S(=O)(=O)c1ccccc1. The van der Waals surface area contributed by atoms with E-state index in [4.69, 9.17) is 10.5 Å². The lowest BCUT2D eigenvalue weighted by Crippen LogP contribution is -2.41. The third kappa shape index (κ3) is 2.83. The Morgan fingerprint density at radius 1 is 1.20 bits per heavy atom. The Hall–Kier alpha value is -2.25. The summed E-state index contributed by atoms with van der Waals surface area (Å²) >= 11 is 0. The van der Waals surface area contributed by atoms with E-state index in [1.807, 2.05) is 0 Å². The molecule has 0 radical (unpaired) electrons. The molecule has 2 N–H and O–H groups in total. The number of ether oxygens (including phenoxy) is 1. The van der Waals surface area contributed by atoms with Gasteiger partial charge in [0.25, 0.3) is 0 Å². The molecule has 0 aliphatic heterocycles. The van der Waals surface area contributed by atoms with E-state index in [0.717, 1.165) is 0 Å². The minimum atomic E-state index is -3.90. The molecule has 5 nitrogen and oxygen atoms in total. The van der Waals surface area contributed by atoms with Gasteiger partial charge in [-0.05, 0) is 36.8 Å². The summed E-state index contributed by atoms with van der Waals surface area (Å²) in [5.74, 6) is -2.19. The molecule has 1 fully saturated rings. The van der Waals surface area contributed by atoms with E-state index in [2.05, 4.69) is 0 Å². The summed E-state index contributed by atoms with van der Waals surface area (Å²) in [5, 5.41) is -1.21. The molecule has 0 aromatic heterocycles. The average Bonchev–Trinajstić information content (AvgIpc) is 3.24. The number of esters is 1. The van der Waals surface area contributed by atoms with E-state index in [1.54, 1.807) is 31.2 Å². The largest absolute Gasteiger partial charge is 0.465 e. The topological polar surface area (TPSA) is 86.5 Å². The molecule has 25 heavy (non-hydrogen) atoms. The Kier molecular flexibility index (Phi) is 4.38. The number of nitrogens with two attached hydrogens (primary N) is 1. The van der Waals surface area contributed by atoms with Crippen molar-refractivity contribution >= 4 is 15.8 Å². The monoisotopic (exact) mass is 363 g/mol. The molecule has 3 rings (SSSR count). The first-order chi connectivity index (χ1) is 11.8. The quantitative estimate of drug-likeness (QED) is 0.822. The maximum absolute atomic E-state index is 13.6. The molecule has 1 saturated carbocycles. The Morgan fingerprint density at radius 2 is 1.88 bits per heavy atom. The van der Waals surface area contributed by atoms with Crippen LogP contribution in [0.3, 0.4) is 0 Å². The van der Waals surface area contributed by atoms with Gasteiger partial charge in [0.2, 0.25) is 0 Å². The normalized spacial score (nSPS) is 25.4. The summed E-state index contributed by atoms with van der Waals surface area (Å²) in [5.41, 5.74) is 4.82. The van der Waals surface area contributed by atoms with Gasteiger partial charge in [0.1, 0.15) is 16.6 Å². The van der Waals surface area contributed by atoms with Gasteiger partial charge in [0.05, 0.1) is 11.5 Å². The predicted octanol–water partition coefficient (Wildman–Crippen LogP) is 2.03. The van der Waals surface area contributed by atoms with Crippen molar-refractivity contribution in [1.29, 1.82) is 0 Å². The molecule has 7 heteroatoms. The molecule has 3 atom stereocenters. The van der Waals surface area contributed by atoms with Crippen molar-refractivity contribution in [3.63, 3.8) is 0 Å². The van der Waals surface area contributed by atoms with Crippen molar-refractivity contribution < 1.29 is 22.3 Å². The zero-order valence-electron chi connectivity index (χ0n) is 13.6. The van der Waals surface area contributed by atoms with Crippen molar-refractivity contribution in [3.8, 4) is 0 Å². The zero-order chi connectivity index (χ0) is 18.2. The summed E-state index contributed by atoms with van der Waals surface area (Å²) in [4.78, 5) is 12.4. The van der Waals surface area contributed by atoms with Gasteiger partial charge in [0.15, 0.2) is 9.84 Å². The number of carbonyl (C=O) groups excluding carboxylic acids is 1. The third-order valence-electron chi connectivity index (χ3n) is 4.42. The second-order valence-electron chi connectivity index (χ2n) is 5.96. The number of benzene rings is 2. The van der Waals surface area contributed by atoms with Gasteiger partial charge in [0, 0.05) is 5.92 Å². The molecule has 0 spiro atoms. The van der Waals surface area contributed by atoms with Crippen molar-refractivity contribution in [2.45, 2.75) is 28.5 Å². The molecule has 1 aliphatic carbocycles. The lowest BCUT2D eigenvalue weighted by molar-refractivity contribution is -0.145. The van der Waals surface area contributed by atoms with Crippen molar-refractivity contribution in [3.05, 3.63) is 66.0 Å². The van der Waals surface area contributed by atoms with E-state index in [9.17, 15) is 17.6 Å². The highest BCUT2D eigenvalue weighted by Gasteiger charge is 2.74. The Bertz CT molecular complexity index is 900. The van der Waals surface area contributed by atoms with Gasteiger partial charge in [-0.3, -0.25) is 0 Å². The van der Waals surface area contributed by atoms with Crippen LogP contribution in [0.1, 0.15) is 18.4 Å². The minimum absolute atomic E-state index is 0.0676. The molecular weight excluding hydrogens is 345 g/mol. The van der Waals surface area contributed by atoms with Crippen LogP contribution in [0, 0.1) is 5.82 Å². The number of carbonyl (C=O) groups is 1. The first kappa shape index (κ1) is 17.6. The molecule has 1 aliphatic rings.